The van der Waals surface area contributed by atoms with Gasteiger partial charge in [0.2, 0.25) is 0 Å². The Morgan fingerprint density at radius 2 is 2.17 bits per heavy atom. The number of aliphatic carboxylic acids is 1. The Balaban J connectivity index is 3.97. The zero-order chi connectivity index (χ0) is 9.56. The van der Waals surface area contributed by atoms with E-state index in [2.05, 4.69) is 0 Å². The lowest BCUT2D eigenvalue weighted by Gasteiger charge is -2.08. The molecule has 0 aromatic rings. The van der Waals surface area contributed by atoms with Crippen LogP contribution in [0.5, 0.6) is 0 Å². The van der Waals surface area contributed by atoms with Crippen LogP contribution in [0.1, 0.15) is 27.2 Å². The summed E-state index contributed by atoms with van der Waals surface area (Å²) in [5, 5.41) is 8.62. The van der Waals surface area contributed by atoms with Gasteiger partial charge in [-0.15, -0.1) is 0 Å². The number of carbonyl (C=O) groups is 1. The van der Waals surface area contributed by atoms with E-state index in [1.807, 2.05) is 20.8 Å². The molecule has 0 aromatic carbocycles. The van der Waals surface area contributed by atoms with Crippen LogP contribution in [-0.4, -0.2) is 17.7 Å². The van der Waals surface area contributed by atoms with Gasteiger partial charge in [0.05, 0.1) is 6.61 Å². The van der Waals surface area contributed by atoms with Gasteiger partial charge in [-0.25, -0.2) is 4.79 Å². The molecule has 0 spiro atoms. The summed E-state index contributed by atoms with van der Waals surface area (Å²) < 4.78 is 5.07. The van der Waals surface area contributed by atoms with Crippen molar-refractivity contribution in [2.24, 2.45) is 5.92 Å². The van der Waals surface area contributed by atoms with Crippen LogP contribution in [-0.2, 0) is 9.53 Å². The van der Waals surface area contributed by atoms with Crippen LogP contribution in [0.4, 0.5) is 0 Å². The standard InChI is InChI=1S/C9H16O3/c1-4-5-8(9(10)11)12-6-7(2)3/h5,7H,4,6H2,1-3H3,(H,10,11)/b8-5+. The minimum atomic E-state index is -0.988. The first-order valence-corrected chi connectivity index (χ1v) is 4.14. The molecular weight excluding hydrogens is 156 g/mol. The van der Waals surface area contributed by atoms with E-state index in [9.17, 15) is 4.79 Å². The van der Waals surface area contributed by atoms with Crippen molar-refractivity contribution in [2.45, 2.75) is 27.2 Å². The van der Waals surface area contributed by atoms with Gasteiger partial charge < -0.3 is 9.84 Å². The van der Waals surface area contributed by atoms with E-state index < -0.39 is 5.97 Å². The minimum absolute atomic E-state index is 0.0613. The van der Waals surface area contributed by atoms with Gasteiger partial charge in [-0.3, -0.25) is 0 Å². The Morgan fingerprint density at radius 1 is 1.58 bits per heavy atom. The molecule has 0 heterocycles. The molecule has 0 aromatic heterocycles. The van der Waals surface area contributed by atoms with Crippen molar-refractivity contribution >= 4 is 5.97 Å². The first-order valence-electron chi connectivity index (χ1n) is 4.14. The predicted molar refractivity (Wildman–Crippen MR) is 46.8 cm³/mol. The third kappa shape index (κ3) is 4.77. The van der Waals surface area contributed by atoms with Gasteiger partial charge in [0, 0.05) is 0 Å². The molecule has 0 unspecified atom stereocenters. The van der Waals surface area contributed by atoms with Crippen molar-refractivity contribution < 1.29 is 14.6 Å². The number of carboxylic acids is 1. The number of hydrogen-bond acceptors (Lipinski definition) is 2. The molecule has 0 aliphatic heterocycles. The molecule has 0 atom stereocenters. The van der Waals surface area contributed by atoms with E-state index >= 15 is 0 Å². The molecule has 0 rings (SSSR count). The fourth-order valence-corrected chi connectivity index (χ4v) is 0.650. The lowest BCUT2D eigenvalue weighted by molar-refractivity contribution is -0.136. The van der Waals surface area contributed by atoms with Crippen molar-refractivity contribution in [2.75, 3.05) is 6.61 Å². The average molecular weight is 172 g/mol. The second kappa shape index (κ2) is 5.63. The van der Waals surface area contributed by atoms with E-state index in [1.165, 1.54) is 0 Å². The first-order chi connectivity index (χ1) is 5.57. The number of rotatable bonds is 5. The average Bonchev–Trinajstić information content (AvgIpc) is 1.96. The van der Waals surface area contributed by atoms with E-state index in [1.54, 1.807) is 6.08 Å². The van der Waals surface area contributed by atoms with Gasteiger partial charge in [-0.1, -0.05) is 20.8 Å². The molecule has 0 radical (unpaired) electrons. The maximum absolute atomic E-state index is 10.5. The van der Waals surface area contributed by atoms with Crippen molar-refractivity contribution in [3.63, 3.8) is 0 Å². The number of carboxylic acid groups (broad SMARTS) is 1. The largest absolute Gasteiger partial charge is 0.486 e. The zero-order valence-electron chi connectivity index (χ0n) is 7.83. The Kier molecular flexibility index (Phi) is 5.17. The first kappa shape index (κ1) is 11.0. The smallest absolute Gasteiger partial charge is 0.370 e. The molecular formula is C9H16O3. The highest BCUT2D eigenvalue weighted by molar-refractivity contribution is 5.84. The number of ether oxygens (including phenoxy) is 1. The monoisotopic (exact) mass is 172 g/mol. The van der Waals surface area contributed by atoms with Gasteiger partial charge in [0.15, 0.2) is 5.76 Å². The number of hydrogen-bond donors (Lipinski definition) is 1. The second-order valence-electron chi connectivity index (χ2n) is 2.99. The highest BCUT2D eigenvalue weighted by Gasteiger charge is 2.07. The van der Waals surface area contributed by atoms with Gasteiger partial charge in [0.25, 0.3) is 0 Å². The van der Waals surface area contributed by atoms with E-state index in [0.717, 1.165) is 0 Å². The fraction of sp³-hybridized carbons (Fsp3) is 0.667. The summed E-state index contributed by atoms with van der Waals surface area (Å²) in [6, 6.07) is 0. The van der Waals surface area contributed by atoms with Crippen LogP contribution >= 0.6 is 0 Å². The molecule has 0 bridgehead atoms. The maximum Gasteiger partial charge on any atom is 0.370 e. The molecule has 0 saturated carbocycles. The highest BCUT2D eigenvalue weighted by Crippen LogP contribution is 2.03. The number of allylic oxidation sites excluding steroid dienone is 1. The molecule has 3 nitrogen and oxygen atoms in total. The van der Waals surface area contributed by atoms with Crippen LogP contribution in [0, 0.1) is 5.92 Å². The van der Waals surface area contributed by atoms with E-state index in [0.29, 0.717) is 18.9 Å². The summed E-state index contributed by atoms with van der Waals surface area (Å²) in [7, 11) is 0. The normalized spacial score (nSPS) is 11.8. The van der Waals surface area contributed by atoms with Crippen molar-refractivity contribution in [3.05, 3.63) is 11.8 Å². The van der Waals surface area contributed by atoms with Crippen LogP contribution < -0.4 is 0 Å². The summed E-state index contributed by atoms with van der Waals surface area (Å²) >= 11 is 0. The molecule has 0 aliphatic rings. The summed E-state index contributed by atoms with van der Waals surface area (Å²) in [5.41, 5.74) is 0. The predicted octanol–water partition coefficient (Wildman–Crippen LogP) is 2.04. The van der Waals surface area contributed by atoms with Crippen molar-refractivity contribution in [3.8, 4) is 0 Å². The van der Waals surface area contributed by atoms with Crippen LogP contribution in [0.2, 0.25) is 0 Å². The molecule has 1 N–H and O–H groups in total. The van der Waals surface area contributed by atoms with Gasteiger partial charge in [-0.05, 0) is 18.4 Å². The SMILES string of the molecule is CC/C=C(/OCC(C)C)C(=O)O. The molecule has 0 aliphatic carbocycles. The van der Waals surface area contributed by atoms with Crippen LogP contribution in [0.15, 0.2) is 11.8 Å². The van der Waals surface area contributed by atoms with Crippen molar-refractivity contribution in [1.82, 2.24) is 0 Å². The third-order valence-corrected chi connectivity index (χ3v) is 1.17. The third-order valence-electron chi connectivity index (χ3n) is 1.17. The molecule has 0 saturated heterocycles. The van der Waals surface area contributed by atoms with Gasteiger partial charge in [-0.2, -0.15) is 0 Å². The second-order valence-corrected chi connectivity index (χ2v) is 2.99. The lowest BCUT2D eigenvalue weighted by Crippen LogP contribution is -2.09. The van der Waals surface area contributed by atoms with Crippen molar-refractivity contribution in [1.29, 1.82) is 0 Å². The van der Waals surface area contributed by atoms with Crippen LogP contribution in [0.3, 0.4) is 0 Å². The Labute approximate surface area is 73.0 Å². The topological polar surface area (TPSA) is 46.5 Å². The van der Waals surface area contributed by atoms with E-state index in [4.69, 9.17) is 9.84 Å². The highest BCUT2D eigenvalue weighted by atomic mass is 16.5. The molecule has 12 heavy (non-hydrogen) atoms. The lowest BCUT2D eigenvalue weighted by atomic mass is 10.2. The molecule has 70 valence electrons. The summed E-state index contributed by atoms with van der Waals surface area (Å²) in [5.74, 6) is -0.576. The quantitative estimate of drug-likeness (QED) is 0.510. The van der Waals surface area contributed by atoms with Gasteiger partial charge >= 0.3 is 5.97 Å². The Morgan fingerprint density at radius 3 is 2.50 bits per heavy atom. The molecule has 0 fully saturated rings. The minimum Gasteiger partial charge on any atom is -0.486 e. The molecule has 3 heteroatoms. The van der Waals surface area contributed by atoms with Crippen LogP contribution in [0.25, 0.3) is 0 Å². The maximum atomic E-state index is 10.5. The molecule has 0 amide bonds. The fourth-order valence-electron chi connectivity index (χ4n) is 0.650. The summed E-state index contributed by atoms with van der Waals surface area (Å²) in [4.78, 5) is 10.5. The van der Waals surface area contributed by atoms with E-state index in [-0.39, 0.29) is 5.76 Å². The summed E-state index contributed by atoms with van der Waals surface area (Å²) in [6.45, 7) is 6.29. The summed E-state index contributed by atoms with van der Waals surface area (Å²) in [6.07, 6.45) is 2.25. The Hall–Kier alpha value is -0.990. The van der Waals surface area contributed by atoms with Gasteiger partial charge in [0.1, 0.15) is 0 Å². The zero-order valence-corrected chi connectivity index (χ0v) is 7.83. The Bertz CT molecular complexity index is 171.